The number of fused-ring (bicyclic) bond motifs is 2. The Morgan fingerprint density at radius 2 is 2.06 bits per heavy atom. The lowest BCUT2D eigenvalue weighted by atomic mass is 9.91. The van der Waals surface area contributed by atoms with Crippen LogP contribution in [0.5, 0.6) is 0 Å². The van der Waals surface area contributed by atoms with Gasteiger partial charge in [0, 0.05) is 42.8 Å². The molecule has 3 aromatic heterocycles. The number of nitrogen functional groups attached to an aromatic ring is 1. The maximum absolute atomic E-state index is 13.3. The molecule has 4 heterocycles. The Labute approximate surface area is 205 Å². The van der Waals surface area contributed by atoms with E-state index in [4.69, 9.17) is 21.2 Å². The number of ether oxygens (including phenoxy) is 1. The van der Waals surface area contributed by atoms with Gasteiger partial charge in [-0.05, 0) is 49.9 Å². The Bertz CT molecular complexity index is 1280. The lowest BCUT2D eigenvalue weighted by molar-refractivity contribution is -0.247. The van der Waals surface area contributed by atoms with Crippen LogP contribution in [0.15, 0.2) is 24.3 Å². The van der Waals surface area contributed by atoms with Crippen molar-refractivity contribution >= 4 is 39.0 Å². The largest absolute Gasteiger partial charge is 0.397 e. The van der Waals surface area contributed by atoms with Gasteiger partial charge in [-0.2, -0.15) is 8.78 Å². The lowest BCUT2D eigenvalue weighted by Gasteiger charge is -2.26. The minimum Gasteiger partial charge on any atom is -0.397 e. The highest BCUT2D eigenvalue weighted by atomic mass is 32.1. The molecule has 3 aromatic rings. The second kappa shape index (κ2) is 8.96. The summed E-state index contributed by atoms with van der Waals surface area (Å²) in [6.45, 7) is 3.29. The van der Waals surface area contributed by atoms with Crippen molar-refractivity contribution in [3.63, 3.8) is 0 Å². The van der Waals surface area contributed by atoms with E-state index in [1.165, 1.54) is 11.3 Å². The van der Waals surface area contributed by atoms with E-state index in [-0.39, 0.29) is 18.5 Å². The second-order valence-electron chi connectivity index (χ2n) is 9.37. The van der Waals surface area contributed by atoms with Gasteiger partial charge in [0.25, 0.3) is 5.91 Å². The molecule has 5 N–H and O–H groups in total. The van der Waals surface area contributed by atoms with Gasteiger partial charge in [-0.25, -0.2) is 9.97 Å². The lowest BCUT2D eigenvalue weighted by Crippen LogP contribution is -2.39. The van der Waals surface area contributed by atoms with Crippen molar-refractivity contribution in [3.8, 4) is 0 Å². The molecule has 0 bridgehead atoms. The third-order valence-electron chi connectivity index (χ3n) is 6.52. The SMILES string of the molecule is Cc1ccc2c(N)c(C(=O)N[C@H]3CCc4nc(N5C[C@H](N)[C@H](OC(C)(F)F)C5)ccc4C3)sc2n1. The molecule has 2 aliphatic rings. The average molecular weight is 503 g/mol. The first kappa shape index (κ1) is 23.8. The fourth-order valence-corrected chi connectivity index (χ4v) is 5.83. The third-order valence-corrected chi connectivity index (χ3v) is 7.63. The van der Waals surface area contributed by atoms with Crippen LogP contribution < -0.4 is 21.7 Å². The summed E-state index contributed by atoms with van der Waals surface area (Å²) in [5, 5.41) is 3.92. The molecule has 0 unspecified atom stereocenters. The predicted octanol–water partition coefficient (Wildman–Crippen LogP) is 3.01. The van der Waals surface area contributed by atoms with Crippen LogP contribution in [0, 0.1) is 6.92 Å². The van der Waals surface area contributed by atoms with Crippen LogP contribution in [0.4, 0.5) is 20.3 Å². The normalized spacial score (nSPS) is 22.4. The smallest absolute Gasteiger partial charge is 0.353 e. The molecule has 1 amide bonds. The molecule has 5 rings (SSSR count). The van der Waals surface area contributed by atoms with E-state index in [2.05, 4.69) is 10.3 Å². The number of halogens is 2. The van der Waals surface area contributed by atoms with E-state index in [1.54, 1.807) is 0 Å². The summed E-state index contributed by atoms with van der Waals surface area (Å²) in [6, 6.07) is 7.10. The molecule has 1 aliphatic carbocycles. The van der Waals surface area contributed by atoms with Crippen LogP contribution in [-0.4, -0.2) is 53.3 Å². The van der Waals surface area contributed by atoms with Gasteiger partial charge in [-0.1, -0.05) is 6.07 Å². The predicted molar refractivity (Wildman–Crippen MR) is 132 cm³/mol. The highest BCUT2D eigenvalue weighted by molar-refractivity contribution is 7.21. The van der Waals surface area contributed by atoms with Gasteiger partial charge in [0.2, 0.25) is 0 Å². The standard InChI is InChI=1S/C24H28F2N6O2S/c1-12-3-6-15-20(28)21(35-23(15)29-12)22(33)30-14-5-7-17-13(9-14)4-8-19(31-17)32-10-16(27)18(11-32)34-24(2,25)26/h3-4,6,8,14,16,18H,5,7,9-11,27-28H2,1-2H3,(H,30,33)/t14-,16-,18+/m0/s1. The van der Waals surface area contributed by atoms with Gasteiger partial charge in [0.1, 0.15) is 15.5 Å². The number of alkyl halides is 2. The summed E-state index contributed by atoms with van der Waals surface area (Å²) < 4.78 is 31.4. The number of carbonyl (C=O) groups excluding carboxylic acids is 1. The molecule has 1 aliphatic heterocycles. The number of hydrogen-bond acceptors (Lipinski definition) is 8. The summed E-state index contributed by atoms with van der Waals surface area (Å²) in [5.74, 6) is 0.513. The first-order valence-corrected chi connectivity index (χ1v) is 12.4. The van der Waals surface area contributed by atoms with Crippen LogP contribution in [0.3, 0.4) is 0 Å². The minimum absolute atomic E-state index is 0.0354. The van der Waals surface area contributed by atoms with Gasteiger partial charge < -0.3 is 26.4 Å². The van der Waals surface area contributed by atoms with Gasteiger partial charge in [0.15, 0.2) is 0 Å². The molecule has 8 nitrogen and oxygen atoms in total. The summed E-state index contributed by atoms with van der Waals surface area (Å²) >= 11 is 1.31. The summed E-state index contributed by atoms with van der Waals surface area (Å²) in [4.78, 5) is 25.4. The van der Waals surface area contributed by atoms with Crippen molar-refractivity contribution in [2.24, 2.45) is 5.73 Å². The number of carbonyl (C=O) groups is 1. The van der Waals surface area contributed by atoms with Crippen molar-refractivity contribution in [3.05, 3.63) is 46.1 Å². The van der Waals surface area contributed by atoms with Crippen molar-refractivity contribution in [1.82, 2.24) is 15.3 Å². The van der Waals surface area contributed by atoms with Crippen molar-refractivity contribution < 1.29 is 18.3 Å². The molecule has 0 aromatic carbocycles. The van der Waals surface area contributed by atoms with Crippen LogP contribution in [0.25, 0.3) is 10.2 Å². The molecular weight excluding hydrogens is 474 g/mol. The summed E-state index contributed by atoms with van der Waals surface area (Å²) in [6.07, 6.45) is -1.89. The Morgan fingerprint density at radius 3 is 2.83 bits per heavy atom. The number of hydrogen-bond donors (Lipinski definition) is 3. The van der Waals surface area contributed by atoms with Gasteiger partial charge in [-0.15, -0.1) is 11.3 Å². The molecule has 35 heavy (non-hydrogen) atoms. The Hall–Kier alpha value is -2.89. The molecule has 3 atom stereocenters. The number of anilines is 2. The monoisotopic (exact) mass is 502 g/mol. The number of aryl methyl sites for hydroxylation is 2. The maximum atomic E-state index is 13.3. The van der Waals surface area contributed by atoms with Crippen LogP contribution in [-0.2, 0) is 17.6 Å². The van der Waals surface area contributed by atoms with Gasteiger partial charge in [-0.3, -0.25) is 4.79 Å². The van der Waals surface area contributed by atoms with Gasteiger partial charge >= 0.3 is 6.11 Å². The fourth-order valence-electron chi connectivity index (χ4n) is 4.78. The number of thiophene rings is 1. The quantitative estimate of drug-likeness (QED) is 0.491. The molecule has 0 saturated carbocycles. The number of nitrogens with two attached hydrogens (primary N) is 2. The molecule has 1 fully saturated rings. The van der Waals surface area contributed by atoms with E-state index < -0.39 is 18.3 Å². The molecular formula is C24H28F2N6O2S. The number of nitrogens with zero attached hydrogens (tertiary/aromatic N) is 3. The number of rotatable bonds is 5. The van der Waals surface area contributed by atoms with E-state index >= 15 is 0 Å². The zero-order valence-electron chi connectivity index (χ0n) is 19.6. The van der Waals surface area contributed by atoms with Crippen LogP contribution in [0.1, 0.15) is 40.0 Å². The topological polar surface area (TPSA) is 119 Å². The summed E-state index contributed by atoms with van der Waals surface area (Å²) in [5.41, 5.74) is 15.6. The first-order valence-electron chi connectivity index (χ1n) is 11.6. The second-order valence-corrected chi connectivity index (χ2v) is 10.4. The van der Waals surface area contributed by atoms with E-state index in [0.717, 1.165) is 40.5 Å². The Morgan fingerprint density at radius 1 is 1.26 bits per heavy atom. The van der Waals surface area contributed by atoms with Crippen LogP contribution >= 0.6 is 11.3 Å². The number of nitrogens with one attached hydrogen (secondary N) is 1. The van der Waals surface area contributed by atoms with Gasteiger partial charge in [0.05, 0.1) is 17.8 Å². The molecule has 0 radical (unpaired) electrons. The zero-order chi connectivity index (χ0) is 24.9. The molecule has 0 spiro atoms. The van der Waals surface area contributed by atoms with E-state index in [1.807, 2.05) is 36.1 Å². The number of pyridine rings is 2. The number of amides is 1. The zero-order valence-corrected chi connectivity index (χ0v) is 20.4. The molecule has 11 heteroatoms. The minimum atomic E-state index is -3.23. The van der Waals surface area contributed by atoms with E-state index in [0.29, 0.717) is 35.8 Å². The van der Waals surface area contributed by atoms with Crippen molar-refractivity contribution in [2.45, 2.75) is 57.4 Å². The Balaban J connectivity index is 1.25. The van der Waals surface area contributed by atoms with E-state index in [9.17, 15) is 13.6 Å². The highest BCUT2D eigenvalue weighted by Crippen LogP contribution is 2.33. The van der Waals surface area contributed by atoms with Crippen LogP contribution in [0.2, 0.25) is 0 Å². The first-order chi connectivity index (χ1) is 16.6. The summed E-state index contributed by atoms with van der Waals surface area (Å²) in [7, 11) is 0. The Kier molecular flexibility index (Phi) is 6.10. The molecule has 186 valence electrons. The molecule has 1 saturated heterocycles. The fraction of sp³-hybridized carbons (Fsp3) is 0.458. The average Bonchev–Trinajstić information content (AvgIpc) is 3.31. The maximum Gasteiger partial charge on any atom is 0.353 e. The number of aromatic nitrogens is 2. The van der Waals surface area contributed by atoms with Crippen molar-refractivity contribution in [1.29, 1.82) is 0 Å². The van der Waals surface area contributed by atoms with Crippen molar-refractivity contribution in [2.75, 3.05) is 23.7 Å². The third kappa shape index (κ3) is 4.93. The highest BCUT2D eigenvalue weighted by Gasteiger charge is 2.38.